The average molecular weight is 241 g/mol. The van der Waals surface area contributed by atoms with Crippen molar-refractivity contribution in [2.75, 3.05) is 6.54 Å². The molecule has 0 saturated carbocycles. The van der Waals surface area contributed by atoms with Gasteiger partial charge in [0.2, 0.25) is 0 Å². The van der Waals surface area contributed by atoms with E-state index in [4.69, 9.17) is 5.11 Å². The van der Waals surface area contributed by atoms with E-state index >= 15 is 0 Å². The van der Waals surface area contributed by atoms with Gasteiger partial charge in [-0.05, 0) is 13.8 Å². The first-order valence-corrected chi connectivity index (χ1v) is 5.04. The van der Waals surface area contributed by atoms with Gasteiger partial charge in [0.1, 0.15) is 0 Å². The minimum absolute atomic E-state index is 0.136. The van der Waals surface area contributed by atoms with Crippen molar-refractivity contribution < 1.29 is 19.8 Å². The first kappa shape index (κ1) is 13.2. The maximum Gasteiger partial charge on any atom is 0.306 e. The lowest BCUT2D eigenvalue weighted by Crippen LogP contribution is -2.42. The second-order valence-corrected chi connectivity index (χ2v) is 4.16. The minimum atomic E-state index is -1.47. The molecule has 4 N–H and O–H groups in total. The number of amides is 1. The number of aryl methyl sites for hydroxylation is 1. The minimum Gasteiger partial charge on any atom is -0.481 e. The highest BCUT2D eigenvalue weighted by Gasteiger charge is 2.25. The van der Waals surface area contributed by atoms with Gasteiger partial charge >= 0.3 is 5.97 Å². The fraction of sp³-hybridized carbons (Fsp3) is 0.500. The van der Waals surface area contributed by atoms with Crippen LogP contribution in [-0.4, -0.2) is 44.4 Å². The summed E-state index contributed by atoms with van der Waals surface area (Å²) in [5, 5.41) is 27.0. The van der Waals surface area contributed by atoms with Gasteiger partial charge in [0.15, 0.2) is 0 Å². The predicted octanol–water partition coefficient (Wildman–Crippen LogP) is -0.326. The van der Waals surface area contributed by atoms with E-state index in [-0.39, 0.29) is 6.54 Å². The van der Waals surface area contributed by atoms with Crippen LogP contribution in [0.3, 0.4) is 0 Å². The summed E-state index contributed by atoms with van der Waals surface area (Å²) < 4.78 is 0. The number of nitrogens with zero attached hydrogens (tertiary/aromatic N) is 1. The molecule has 0 saturated heterocycles. The molecule has 1 aromatic rings. The molecule has 0 aliphatic carbocycles. The normalized spacial score (nSPS) is 14.1. The van der Waals surface area contributed by atoms with Crippen molar-refractivity contribution in [3.8, 4) is 0 Å². The SMILES string of the molecule is Cc1[nH]ncc1C(=O)NCC(C)(O)CC(=O)O. The molecule has 0 aromatic carbocycles. The number of nitrogens with one attached hydrogen (secondary N) is 2. The van der Waals surface area contributed by atoms with Crippen LogP contribution < -0.4 is 5.32 Å². The fourth-order valence-corrected chi connectivity index (χ4v) is 1.33. The maximum atomic E-state index is 11.6. The molecule has 7 nitrogen and oxygen atoms in total. The molecular weight excluding hydrogens is 226 g/mol. The van der Waals surface area contributed by atoms with Crippen LogP contribution in [0.1, 0.15) is 29.4 Å². The number of H-pyrrole nitrogens is 1. The topological polar surface area (TPSA) is 115 Å². The van der Waals surface area contributed by atoms with Crippen LogP contribution in [0.2, 0.25) is 0 Å². The Morgan fingerprint density at radius 1 is 1.59 bits per heavy atom. The van der Waals surface area contributed by atoms with E-state index in [2.05, 4.69) is 15.5 Å². The van der Waals surface area contributed by atoms with Gasteiger partial charge in [0.05, 0.1) is 23.8 Å². The summed E-state index contributed by atoms with van der Waals surface area (Å²) in [6.45, 7) is 2.91. The fourth-order valence-electron chi connectivity index (χ4n) is 1.33. The lowest BCUT2D eigenvalue weighted by Gasteiger charge is -2.21. The van der Waals surface area contributed by atoms with Crippen molar-refractivity contribution >= 4 is 11.9 Å². The molecule has 1 rings (SSSR count). The van der Waals surface area contributed by atoms with E-state index < -0.39 is 23.9 Å². The van der Waals surface area contributed by atoms with Gasteiger partial charge in [-0.2, -0.15) is 5.10 Å². The first-order chi connectivity index (χ1) is 7.82. The van der Waals surface area contributed by atoms with Crippen LogP contribution in [0.4, 0.5) is 0 Å². The number of aromatic nitrogens is 2. The molecule has 0 bridgehead atoms. The summed E-state index contributed by atoms with van der Waals surface area (Å²) in [5.41, 5.74) is -0.490. The molecule has 0 aliphatic rings. The van der Waals surface area contributed by atoms with E-state index in [1.807, 2.05) is 0 Å². The number of carbonyl (C=O) groups is 2. The molecule has 7 heteroatoms. The predicted molar refractivity (Wildman–Crippen MR) is 58.5 cm³/mol. The van der Waals surface area contributed by atoms with E-state index in [1.165, 1.54) is 13.1 Å². The van der Waals surface area contributed by atoms with Crippen LogP contribution in [0.25, 0.3) is 0 Å². The van der Waals surface area contributed by atoms with Crippen molar-refractivity contribution in [1.82, 2.24) is 15.5 Å². The molecular formula is C10H15N3O4. The van der Waals surface area contributed by atoms with Gasteiger partial charge in [0, 0.05) is 12.2 Å². The molecule has 94 valence electrons. The molecule has 1 aromatic heterocycles. The molecule has 1 amide bonds. The highest BCUT2D eigenvalue weighted by molar-refractivity contribution is 5.95. The zero-order chi connectivity index (χ0) is 13.1. The average Bonchev–Trinajstić information content (AvgIpc) is 2.59. The maximum absolute atomic E-state index is 11.6. The summed E-state index contributed by atoms with van der Waals surface area (Å²) in [6.07, 6.45) is 0.939. The molecule has 1 atom stereocenters. The zero-order valence-corrected chi connectivity index (χ0v) is 9.65. The molecule has 1 heterocycles. The third kappa shape index (κ3) is 3.87. The number of aromatic amines is 1. The van der Waals surface area contributed by atoms with E-state index in [1.54, 1.807) is 6.92 Å². The third-order valence-corrected chi connectivity index (χ3v) is 2.24. The first-order valence-electron chi connectivity index (χ1n) is 5.04. The van der Waals surface area contributed by atoms with Crippen LogP contribution in [-0.2, 0) is 4.79 Å². The number of hydrogen-bond acceptors (Lipinski definition) is 4. The van der Waals surface area contributed by atoms with Gasteiger partial charge in [-0.1, -0.05) is 0 Å². The second kappa shape index (κ2) is 4.96. The van der Waals surface area contributed by atoms with Crippen molar-refractivity contribution in [2.24, 2.45) is 0 Å². The van der Waals surface area contributed by atoms with Gasteiger partial charge in [-0.3, -0.25) is 14.7 Å². The molecule has 0 radical (unpaired) electrons. The Morgan fingerprint density at radius 3 is 2.71 bits per heavy atom. The number of carboxylic acid groups (broad SMARTS) is 1. The highest BCUT2D eigenvalue weighted by Crippen LogP contribution is 2.08. The van der Waals surface area contributed by atoms with Crippen molar-refractivity contribution in [3.63, 3.8) is 0 Å². The standard InChI is InChI=1S/C10H15N3O4/c1-6-7(4-12-13-6)9(16)11-5-10(2,17)3-8(14)15/h4,17H,3,5H2,1-2H3,(H,11,16)(H,12,13)(H,14,15). The number of aliphatic hydroxyl groups is 1. The number of aliphatic carboxylic acids is 1. The number of carboxylic acids is 1. The Labute approximate surface area is 97.8 Å². The van der Waals surface area contributed by atoms with Crippen LogP contribution in [0.15, 0.2) is 6.20 Å². The van der Waals surface area contributed by atoms with Crippen LogP contribution in [0, 0.1) is 6.92 Å². The van der Waals surface area contributed by atoms with Gasteiger partial charge < -0.3 is 15.5 Å². The van der Waals surface area contributed by atoms with E-state index in [0.29, 0.717) is 11.3 Å². The quantitative estimate of drug-likeness (QED) is 0.563. The molecule has 1 unspecified atom stereocenters. The Hall–Kier alpha value is -1.89. The van der Waals surface area contributed by atoms with Gasteiger partial charge in [-0.25, -0.2) is 0 Å². The van der Waals surface area contributed by atoms with Gasteiger partial charge in [0.25, 0.3) is 5.91 Å². The molecule has 17 heavy (non-hydrogen) atoms. The number of rotatable bonds is 5. The Bertz CT molecular complexity index is 425. The van der Waals surface area contributed by atoms with E-state index in [9.17, 15) is 14.7 Å². The highest BCUT2D eigenvalue weighted by atomic mass is 16.4. The summed E-state index contributed by atoms with van der Waals surface area (Å²) in [6, 6.07) is 0. The lowest BCUT2D eigenvalue weighted by atomic mass is 10.0. The van der Waals surface area contributed by atoms with Crippen molar-refractivity contribution in [1.29, 1.82) is 0 Å². The third-order valence-electron chi connectivity index (χ3n) is 2.24. The van der Waals surface area contributed by atoms with Crippen LogP contribution >= 0.6 is 0 Å². The number of hydrogen-bond donors (Lipinski definition) is 4. The summed E-state index contributed by atoms with van der Waals surface area (Å²) in [7, 11) is 0. The molecule has 0 fully saturated rings. The van der Waals surface area contributed by atoms with Crippen molar-refractivity contribution in [2.45, 2.75) is 25.9 Å². The Morgan fingerprint density at radius 2 is 2.24 bits per heavy atom. The van der Waals surface area contributed by atoms with Crippen molar-refractivity contribution in [3.05, 3.63) is 17.5 Å². The second-order valence-electron chi connectivity index (χ2n) is 4.16. The lowest BCUT2D eigenvalue weighted by molar-refractivity contribution is -0.141. The zero-order valence-electron chi connectivity index (χ0n) is 9.65. The monoisotopic (exact) mass is 241 g/mol. The number of carbonyl (C=O) groups excluding carboxylic acids is 1. The van der Waals surface area contributed by atoms with Crippen LogP contribution in [0.5, 0.6) is 0 Å². The Kier molecular flexibility index (Phi) is 3.84. The largest absolute Gasteiger partial charge is 0.481 e. The summed E-state index contributed by atoms with van der Waals surface area (Å²) in [4.78, 5) is 22.1. The Balaban J connectivity index is 2.54. The molecule has 0 aliphatic heterocycles. The summed E-state index contributed by atoms with van der Waals surface area (Å²) in [5.74, 6) is -1.52. The molecule has 0 spiro atoms. The smallest absolute Gasteiger partial charge is 0.306 e. The summed E-state index contributed by atoms with van der Waals surface area (Å²) >= 11 is 0. The van der Waals surface area contributed by atoms with Gasteiger partial charge in [-0.15, -0.1) is 0 Å². The van der Waals surface area contributed by atoms with E-state index in [0.717, 1.165) is 0 Å².